The van der Waals surface area contributed by atoms with Crippen molar-refractivity contribution < 1.29 is 19.8 Å². The van der Waals surface area contributed by atoms with Gasteiger partial charge >= 0.3 is 11.9 Å². The first kappa shape index (κ1) is 17.6. The van der Waals surface area contributed by atoms with Gasteiger partial charge in [-0.1, -0.05) is 34.1 Å². The summed E-state index contributed by atoms with van der Waals surface area (Å²) in [4.78, 5) is 22.9. The number of aliphatic carboxylic acids is 2. The monoisotopic (exact) mass is 391 g/mol. The Balaban J connectivity index is 0.000000301. The number of hydrogen-bond acceptors (Lipinski definition) is 4. The van der Waals surface area contributed by atoms with Gasteiger partial charge in [0.1, 0.15) is 5.65 Å². The quantitative estimate of drug-likeness (QED) is 0.577. The summed E-state index contributed by atoms with van der Waals surface area (Å²) in [7, 11) is 0. The van der Waals surface area contributed by atoms with Crippen LogP contribution in [0.2, 0.25) is 0 Å². The van der Waals surface area contributed by atoms with Gasteiger partial charge in [-0.05, 0) is 24.3 Å². The molecule has 24 heavy (non-hydrogen) atoms. The minimum absolute atomic E-state index is 0.469. The van der Waals surface area contributed by atoms with Crippen molar-refractivity contribution in [3.05, 3.63) is 58.8 Å². The van der Waals surface area contributed by atoms with E-state index in [4.69, 9.17) is 25.5 Å². The average molecular weight is 392 g/mol. The number of carbonyl (C=O) groups is 2. The van der Waals surface area contributed by atoms with Gasteiger partial charge in [-0.15, -0.1) is 0 Å². The van der Waals surface area contributed by atoms with Gasteiger partial charge in [0.05, 0.1) is 11.4 Å². The van der Waals surface area contributed by atoms with Crippen LogP contribution in [0.25, 0.3) is 16.9 Å². The SMILES string of the molecule is NCc1c(-c2ccc(Br)cc2)nc2ccccn12.O=C(O)C(=O)O. The Bertz CT molecular complexity index is 863. The van der Waals surface area contributed by atoms with Crippen LogP contribution in [0.4, 0.5) is 0 Å². The molecule has 0 radical (unpaired) electrons. The minimum Gasteiger partial charge on any atom is -0.473 e. The van der Waals surface area contributed by atoms with Crippen molar-refractivity contribution in [2.45, 2.75) is 6.54 Å². The number of aromatic nitrogens is 2. The number of fused-ring (bicyclic) bond motifs is 1. The second-order valence-corrected chi connectivity index (χ2v) is 5.57. The highest BCUT2D eigenvalue weighted by Gasteiger charge is 2.11. The summed E-state index contributed by atoms with van der Waals surface area (Å²) in [5.74, 6) is -3.65. The lowest BCUT2D eigenvalue weighted by molar-refractivity contribution is -0.159. The Labute approximate surface area is 145 Å². The zero-order valence-corrected chi connectivity index (χ0v) is 14.0. The van der Waals surface area contributed by atoms with Gasteiger partial charge < -0.3 is 20.3 Å². The van der Waals surface area contributed by atoms with E-state index in [2.05, 4.69) is 20.9 Å². The van der Waals surface area contributed by atoms with E-state index in [0.29, 0.717) is 6.54 Å². The van der Waals surface area contributed by atoms with Crippen LogP contribution in [0.5, 0.6) is 0 Å². The summed E-state index contributed by atoms with van der Waals surface area (Å²) in [6, 6.07) is 14.1. The molecule has 0 aliphatic carbocycles. The molecule has 3 aromatic rings. The molecule has 0 atom stereocenters. The highest BCUT2D eigenvalue weighted by atomic mass is 79.9. The number of carboxylic acids is 2. The molecule has 0 bridgehead atoms. The normalized spacial score (nSPS) is 10.1. The molecule has 2 aromatic heterocycles. The van der Waals surface area contributed by atoms with Crippen LogP contribution in [0.3, 0.4) is 0 Å². The van der Waals surface area contributed by atoms with E-state index in [1.807, 2.05) is 53.1 Å². The third-order valence-corrected chi connectivity index (χ3v) is 3.65. The summed E-state index contributed by atoms with van der Waals surface area (Å²) in [5, 5.41) is 14.8. The van der Waals surface area contributed by atoms with Crippen molar-refractivity contribution in [3.8, 4) is 11.3 Å². The highest BCUT2D eigenvalue weighted by molar-refractivity contribution is 9.10. The lowest BCUT2D eigenvalue weighted by Gasteiger charge is -2.02. The van der Waals surface area contributed by atoms with Crippen LogP contribution in [0.1, 0.15) is 5.69 Å². The second-order valence-electron chi connectivity index (χ2n) is 4.66. The predicted octanol–water partition coefficient (Wildman–Crippen LogP) is 2.38. The van der Waals surface area contributed by atoms with Crippen molar-refractivity contribution in [2.24, 2.45) is 5.73 Å². The molecule has 7 nitrogen and oxygen atoms in total. The fourth-order valence-electron chi connectivity index (χ4n) is 2.08. The molecule has 0 fully saturated rings. The number of pyridine rings is 1. The smallest absolute Gasteiger partial charge is 0.414 e. The van der Waals surface area contributed by atoms with Gasteiger partial charge in [-0.25, -0.2) is 14.6 Å². The van der Waals surface area contributed by atoms with Gasteiger partial charge in [0.25, 0.3) is 0 Å². The third kappa shape index (κ3) is 3.98. The van der Waals surface area contributed by atoms with E-state index in [1.54, 1.807) is 0 Å². The van der Waals surface area contributed by atoms with Crippen LogP contribution >= 0.6 is 15.9 Å². The number of rotatable bonds is 2. The van der Waals surface area contributed by atoms with Crippen molar-refractivity contribution in [2.75, 3.05) is 0 Å². The predicted molar refractivity (Wildman–Crippen MR) is 91.5 cm³/mol. The molecular formula is C16H14BrN3O4. The summed E-state index contributed by atoms with van der Waals surface area (Å²) in [6.45, 7) is 0.469. The standard InChI is InChI=1S/C14H12BrN3.C2H2O4/c15-11-6-4-10(5-7-11)14-12(9-16)18-8-2-1-3-13(18)17-14;3-1(4)2(5)6/h1-8H,9,16H2;(H,3,4)(H,5,6). The molecule has 2 heterocycles. The topological polar surface area (TPSA) is 118 Å². The van der Waals surface area contributed by atoms with E-state index in [1.165, 1.54) is 0 Å². The summed E-state index contributed by atoms with van der Waals surface area (Å²) in [6.07, 6.45) is 1.99. The van der Waals surface area contributed by atoms with E-state index < -0.39 is 11.9 Å². The van der Waals surface area contributed by atoms with Crippen molar-refractivity contribution in [3.63, 3.8) is 0 Å². The van der Waals surface area contributed by atoms with Crippen LogP contribution in [-0.2, 0) is 16.1 Å². The number of carboxylic acid groups (broad SMARTS) is 2. The molecule has 1 aromatic carbocycles. The maximum atomic E-state index is 9.10. The molecule has 124 valence electrons. The Morgan fingerprint density at radius 1 is 1.08 bits per heavy atom. The van der Waals surface area contributed by atoms with Gasteiger partial charge in [0.2, 0.25) is 0 Å². The number of benzene rings is 1. The molecule has 4 N–H and O–H groups in total. The largest absolute Gasteiger partial charge is 0.473 e. The molecule has 0 saturated heterocycles. The lowest BCUT2D eigenvalue weighted by Crippen LogP contribution is -2.09. The Hall–Kier alpha value is -2.71. The van der Waals surface area contributed by atoms with Crippen molar-refractivity contribution in [1.29, 1.82) is 0 Å². The highest BCUT2D eigenvalue weighted by Crippen LogP contribution is 2.25. The van der Waals surface area contributed by atoms with E-state index in [9.17, 15) is 0 Å². The second kappa shape index (κ2) is 7.71. The molecule has 0 unspecified atom stereocenters. The number of nitrogens with two attached hydrogens (primary N) is 1. The minimum atomic E-state index is -1.82. The van der Waals surface area contributed by atoms with Gasteiger partial charge in [0, 0.05) is 22.8 Å². The van der Waals surface area contributed by atoms with E-state index >= 15 is 0 Å². The van der Waals surface area contributed by atoms with Crippen LogP contribution in [0.15, 0.2) is 53.1 Å². The van der Waals surface area contributed by atoms with E-state index in [-0.39, 0.29) is 0 Å². The number of hydrogen-bond donors (Lipinski definition) is 3. The fourth-order valence-corrected chi connectivity index (χ4v) is 2.34. The van der Waals surface area contributed by atoms with Crippen LogP contribution in [0, 0.1) is 0 Å². The summed E-state index contributed by atoms with van der Waals surface area (Å²) in [5.41, 5.74) is 9.86. The molecule has 0 spiro atoms. The lowest BCUT2D eigenvalue weighted by atomic mass is 10.1. The number of imidazole rings is 1. The number of halogens is 1. The van der Waals surface area contributed by atoms with Crippen molar-refractivity contribution >= 4 is 33.5 Å². The Morgan fingerprint density at radius 3 is 2.25 bits per heavy atom. The summed E-state index contributed by atoms with van der Waals surface area (Å²) < 4.78 is 3.10. The third-order valence-electron chi connectivity index (χ3n) is 3.12. The molecule has 3 rings (SSSR count). The maximum Gasteiger partial charge on any atom is 0.414 e. The van der Waals surface area contributed by atoms with E-state index in [0.717, 1.165) is 27.1 Å². The molecule has 0 saturated carbocycles. The molecule has 0 amide bonds. The first-order valence-electron chi connectivity index (χ1n) is 6.82. The molecule has 0 aliphatic rings. The van der Waals surface area contributed by atoms with Crippen LogP contribution < -0.4 is 5.73 Å². The van der Waals surface area contributed by atoms with Gasteiger partial charge in [0.15, 0.2) is 0 Å². The summed E-state index contributed by atoms with van der Waals surface area (Å²) >= 11 is 3.44. The molecule has 0 aliphatic heterocycles. The first-order valence-corrected chi connectivity index (χ1v) is 7.61. The molecule has 8 heteroatoms. The van der Waals surface area contributed by atoms with Crippen LogP contribution in [-0.4, -0.2) is 31.5 Å². The zero-order valence-electron chi connectivity index (χ0n) is 12.4. The zero-order chi connectivity index (χ0) is 17.7. The Morgan fingerprint density at radius 2 is 1.71 bits per heavy atom. The van der Waals surface area contributed by atoms with Crippen molar-refractivity contribution in [1.82, 2.24) is 9.38 Å². The molecular weight excluding hydrogens is 378 g/mol. The Kier molecular flexibility index (Phi) is 5.67. The number of nitrogens with zero attached hydrogens (tertiary/aromatic N) is 2. The fraction of sp³-hybridized carbons (Fsp3) is 0.0625. The maximum absolute atomic E-state index is 9.10. The van der Waals surface area contributed by atoms with Gasteiger partial charge in [-0.2, -0.15) is 0 Å². The first-order chi connectivity index (χ1) is 11.4. The average Bonchev–Trinajstić information content (AvgIpc) is 2.94. The van der Waals surface area contributed by atoms with Gasteiger partial charge in [-0.3, -0.25) is 0 Å².